The number of esters is 1. The van der Waals surface area contributed by atoms with E-state index < -0.39 is 127 Å². The van der Waals surface area contributed by atoms with Crippen molar-refractivity contribution in [2.45, 2.75) is 204 Å². The van der Waals surface area contributed by atoms with Crippen LogP contribution in [0.4, 0.5) is 4.39 Å². The predicted octanol–water partition coefficient (Wildman–Crippen LogP) is 3.88. The lowest BCUT2D eigenvalue weighted by molar-refractivity contribution is -0.318. The van der Waals surface area contributed by atoms with E-state index in [0.29, 0.717) is 42.8 Å². The summed E-state index contributed by atoms with van der Waals surface area (Å²) in [7, 11) is 6.67. The van der Waals surface area contributed by atoms with Crippen LogP contribution in [0.25, 0.3) is 0 Å². The summed E-state index contributed by atoms with van der Waals surface area (Å²) >= 11 is 0. The molecule has 3 aliphatic heterocycles. The number of nitrogens with zero attached hydrogens (tertiary/aromatic N) is 6. The number of aromatic nitrogens is 3. The van der Waals surface area contributed by atoms with Crippen molar-refractivity contribution < 1.29 is 67.9 Å². The Morgan fingerprint density at radius 2 is 1.67 bits per heavy atom. The molecule has 1 aromatic heterocycles. The molecule has 3 aliphatic rings. The van der Waals surface area contributed by atoms with Crippen LogP contribution in [0.1, 0.15) is 124 Å². The Kier molecular flexibility index (Phi) is 20.7. The molecule has 20 heteroatoms. The fraction of sp³-hybridized carbons (Fsp3) is 0.808. The number of likely N-dealkylation sites (N-methyl/N-ethyl adjacent to an activating group) is 2. The SMILES string of the molecule is CC[C@H]1OC(=O)[C@H](C)[C@@H](O[C@H]2C[C@@](C)(OC)[C@@H](O)[C@H](C)O2)[C@H](C)[C@@H](O[C@@H]2O[C@H](C)C[C@H](N(C)CCc3cn([C@H](CF)[C@H](OC)c4ccc(C#N)cc4)nn3)[C@H]2O)[C@](C)(O)C[C@@H](C)CN(C)[C@H](C)[C@@H](O)[C@]1(C)O. The van der Waals surface area contributed by atoms with Crippen molar-refractivity contribution >= 4 is 5.97 Å². The summed E-state index contributed by atoms with van der Waals surface area (Å²) < 4.78 is 60.1. The number of hydrogen-bond donors (Lipinski definition) is 5. The van der Waals surface area contributed by atoms with Gasteiger partial charge in [0.05, 0.1) is 58.9 Å². The zero-order valence-electron chi connectivity index (χ0n) is 44.9. The highest BCUT2D eigenvalue weighted by Gasteiger charge is 2.53. The smallest absolute Gasteiger partial charge is 0.311 e. The molecule has 3 saturated heterocycles. The molecule has 3 fully saturated rings. The first-order chi connectivity index (χ1) is 33.8. The summed E-state index contributed by atoms with van der Waals surface area (Å²) in [4.78, 5) is 18.4. The van der Waals surface area contributed by atoms with E-state index in [9.17, 15) is 40.0 Å². The Morgan fingerprint density at radius 1 is 1.00 bits per heavy atom. The minimum Gasteiger partial charge on any atom is -0.459 e. The van der Waals surface area contributed by atoms with Crippen molar-refractivity contribution in [3.05, 3.63) is 47.3 Å². The average Bonchev–Trinajstić information content (AvgIpc) is 3.81. The molecule has 4 heterocycles. The first-order valence-corrected chi connectivity index (χ1v) is 25.5. The average molecular weight is 1020 g/mol. The second-order valence-corrected chi connectivity index (χ2v) is 21.7. The van der Waals surface area contributed by atoms with E-state index in [-0.39, 0.29) is 25.2 Å². The fourth-order valence-electron chi connectivity index (χ4n) is 11.3. The monoisotopic (exact) mass is 1020 g/mol. The molecule has 19 nitrogen and oxygen atoms in total. The number of hydrogen-bond acceptors (Lipinski definition) is 18. The number of rotatable bonds is 15. The van der Waals surface area contributed by atoms with Gasteiger partial charge in [0, 0.05) is 64.3 Å². The zero-order chi connectivity index (χ0) is 53.6. The van der Waals surface area contributed by atoms with Crippen molar-refractivity contribution in [2.24, 2.45) is 17.8 Å². The molecule has 20 atom stereocenters. The van der Waals surface area contributed by atoms with Crippen LogP contribution in [0.5, 0.6) is 0 Å². The summed E-state index contributed by atoms with van der Waals surface area (Å²) in [6.45, 7) is 17.4. The van der Waals surface area contributed by atoms with Crippen LogP contribution in [-0.2, 0) is 44.4 Å². The molecule has 0 saturated carbocycles. The lowest BCUT2D eigenvalue weighted by Gasteiger charge is -2.49. The summed E-state index contributed by atoms with van der Waals surface area (Å²) in [5, 5.41) is 77.6. The summed E-state index contributed by atoms with van der Waals surface area (Å²) in [5.41, 5.74) is -2.86. The summed E-state index contributed by atoms with van der Waals surface area (Å²) in [6, 6.07) is 6.93. The molecule has 0 amide bonds. The van der Waals surface area contributed by atoms with Crippen molar-refractivity contribution in [3.63, 3.8) is 0 Å². The van der Waals surface area contributed by atoms with Gasteiger partial charge in [0.15, 0.2) is 12.6 Å². The number of benzene rings is 1. The van der Waals surface area contributed by atoms with Crippen molar-refractivity contribution in [3.8, 4) is 6.07 Å². The van der Waals surface area contributed by atoms with Gasteiger partial charge in [0.2, 0.25) is 0 Å². The minimum atomic E-state index is -1.86. The van der Waals surface area contributed by atoms with Gasteiger partial charge >= 0.3 is 5.97 Å². The largest absolute Gasteiger partial charge is 0.459 e. The Hall–Kier alpha value is -3.27. The number of carbonyl (C=O) groups is 1. The molecule has 0 radical (unpaired) electrons. The van der Waals surface area contributed by atoms with Gasteiger partial charge in [-0.25, -0.2) is 9.07 Å². The normalized spacial score (nSPS) is 39.9. The number of aliphatic hydroxyl groups is 5. The third-order valence-electron chi connectivity index (χ3n) is 15.9. The third kappa shape index (κ3) is 13.6. The van der Waals surface area contributed by atoms with Crippen molar-refractivity contribution in [1.82, 2.24) is 24.8 Å². The van der Waals surface area contributed by atoms with Gasteiger partial charge in [0.25, 0.3) is 0 Å². The molecule has 72 heavy (non-hydrogen) atoms. The second kappa shape index (κ2) is 25.0. The van der Waals surface area contributed by atoms with Crippen LogP contribution in [0.2, 0.25) is 0 Å². The highest BCUT2D eigenvalue weighted by Crippen LogP contribution is 2.40. The van der Waals surface area contributed by atoms with Gasteiger partial charge in [0.1, 0.15) is 48.8 Å². The Bertz CT molecular complexity index is 2060. The molecule has 0 bridgehead atoms. The molecule has 0 aliphatic carbocycles. The number of aliphatic hydroxyl groups excluding tert-OH is 3. The molecular formula is C52H85FN6O13. The van der Waals surface area contributed by atoms with Gasteiger partial charge in [-0.3, -0.25) is 4.79 Å². The maximum Gasteiger partial charge on any atom is 0.311 e. The topological polar surface area (TPSA) is 244 Å². The van der Waals surface area contributed by atoms with Crippen LogP contribution < -0.4 is 0 Å². The molecule has 5 rings (SSSR count). The number of carbonyl (C=O) groups excluding carboxylic acids is 1. The first kappa shape index (κ1) is 59.6. The lowest BCUT2D eigenvalue weighted by atomic mass is 9.77. The first-order valence-electron chi connectivity index (χ1n) is 25.5. The Morgan fingerprint density at radius 3 is 2.26 bits per heavy atom. The molecule has 5 N–H and O–H groups in total. The fourth-order valence-corrected chi connectivity index (χ4v) is 11.3. The van der Waals surface area contributed by atoms with E-state index >= 15 is 0 Å². The number of ether oxygens (including phenoxy) is 7. The molecule has 0 unspecified atom stereocenters. The van der Waals surface area contributed by atoms with E-state index in [1.54, 1.807) is 78.9 Å². The van der Waals surface area contributed by atoms with E-state index in [4.69, 9.17) is 33.2 Å². The standard InChI is InChI=1S/C52H85FN6O13/c1-15-40-52(10,65)45(61)33(6)58(12)27-29(2)23-50(8,64)47(31(4)43(32(5)48(63)70-40)71-41-24-51(9,67-14)46(62)34(7)69-41)72-49-42(60)38(22-30(3)68-49)57(11)21-20-37-28-59(56-55-37)39(25-53)44(66-13)36-18-16-35(26-54)17-19-36/h16-19,28-34,38-47,49,60-62,64-65H,15,20-25,27H2,1-14H3/t29-,30-,31+,32-,33-,34+,38+,39-,40-,41+,42-,43+,44-,45-,46+,47-,49+,50-,51-,52-/m1/s1. The van der Waals surface area contributed by atoms with Gasteiger partial charge in [-0.15, -0.1) is 5.10 Å². The van der Waals surface area contributed by atoms with Crippen LogP contribution in [0.3, 0.4) is 0 Å². The molecule has 408 valence electrons. The maximum absolute atomic E-state index is 14.7. The van der Waals surface area contributed by atoms with Gasteiger partial charge < -0.3 is 68.5 Å². The predicted molar refractivity (Wildman–Crippen MR) is 263 cm³/mol. The van der Waals surface area contributed by atoms with Crippen LogP contribution >= 0.6 is 0 Å². The second-order valence-electron chi connectivity index (χ2n) is 21.7. The lowest BCUT2D eigenvalue weighted by Crippen LogP contribution is -2.61. The van der Waals surface area contributed by atoms with Gasteiger partial charge in [-0.05, 0) is 105 Å². The van der Waals surface area contributed by atoms with Gasteiger partial charge in [-0.2, -0.15) is 5.26 Å². The summed E-state index contributed by atoms with van der Waals surface area (Å²) in [6.07, 6.45) is -8.15. The van der Waals surface area contributed by atoms with E-state index in [1.165, 1.54) is 25.8 Å². The Balaban J connectivity index is 1.45. The Labute approximate surface area is 425 Å². The molecular weight excluding hydrogens is 936 g/mol. The number of methoxy groups -OCH3 is 2. The molecule has 0 spiro atoms. The van der Waals surface area contributed by atoms with Gasteiger partial charge in [-0.1, -0.05) is 38.1 Å². The van der Waals surface area contributed by atoms with Crippen LogP contribution in [0, 0.1) is 29.1 Å². The zero-order valence-corrected chi connectivity index (χ0v) is 44.9. The maximum atomic E-state index is 14.7. The summed E-state index contributed by atoms with van der Waals surface area (Å²) in [5.74, 6) is -2.89. The molecule has 2 aromatic rings. The number of cyclic esters (lactones) is 1. The highest BCUT2D eigenvalue weighted by atomic mass is 19.1. The minimum absolute atomic E-state index is 0.0800. The van der Waals surface area contributed by atoms with Crippen LogP contribution in [0.15, 0.2) is 30.5 Å². The van der Waals surface area contributed by atoms with Crippen molar-refractivity contribution in [1.29, 1.82) is 5.26 Å². The quantitative estimate of drug-likeness (QED) is 0.159. The number of nitriles is 1. The molecule has 1 aromatic carbocycles. The van der Waals surface area contributed by atoms with Crippen molar-refractivity contribution in [2.75, 3.05) is 48.1 Å². The number of alkyl halides is 1. The van der Waals surface area contributed by atoms with E-state index in [0.717, 1.165) is 0 Å². The van der Waals surface area contributed by atoms with E-state index in [2.05, 4.69) is 16.4 Å². The van der Waals surface area contributed by atoms with E-state index in [1.807, 2.05) is 37.7 Å². The number of halogens is 1. The van der Waals surface area contributed by atoms with Crippen LogP contribution in [-0.4, -0.2) is 195 Å². The third-order valence-corrected chi connectivity index (χ3v) is 15.9. The highest BCUT2D eigenvalue weighted by molar-refractivity contribution is 5.73.